The normalized spacial score (nSPS) is 39.7. The molecule has 6 fully saturated rings. The maximum Gasteiger partial charge on any atom is 0.329 e. The van der Waals surface area contributed by atoms with Gasteiger partial charge in [0, 0.05) is 97.6 Å². The number of piperidine rings is 2. The van der Waals surface area contributed by atoms with Crippen molar-refractivity contribution in [3.63, 3.8) is 0 Å². The Morgan fingerprint density at radius 1 is 0.429 bits per heavy atom. The largest absolute Gasteiger partial charge is 0.497 e. The molecule has 29 heteroatoms. The molecule has 0 radical (unpaired) electrons. The third kappa shape index (κ3) is 33.9. The Labute approximate surface area is 835 Å². The molecule has 0 spiro atoms. The van der Waals surface area contributed by atoms with Crippen LogP contribution in [0, 0.1) is 83.9 Å². The van der Waals surface area contributed by atoms with Crippen LogP contribution in [0.5, 0.6) is 11.5 Å². The zero-order chi connectivity index (χ0) is 104. The van der Waals surface area contributed by atoms with Crippen LogP contribution in [-0.2, 0) is 71.4 Å². The lowest BCUT2D eigenvalue weighted by Gasteiger charge is -2.43. The fourth-order valence-electron chi connectivity index (χ4n) is 21.7. The van der Waals surface area contributed by atoms with E-state index in [1.54, 1.807) is 75.4 Å². The van der Waals surface area contributed by atoms with Crippen molar-refractivity contribution in [1.82, 2.24) is 9.80 Å². The number of aliphatic hydroxyl groups excluding tert-OH is 8. The molecule has 8 aliphatic rings. The van der Waals surface area contributed by atoms with Crippen LogP contribution in [0.25, 0.3) is 0 Å². The number of carbonyl (C=O) groups excluding carboxylic acids is 6. The maximum atomic E-state index is 14.4. The summed E-state index contributed by atoms with van der Waals surface area (Å²) in [4.78, 5) is 88.1. The van der Waals surface area contributed by atoms with Crippen LogP contribution in [0.4, 0.5) is 0 Å². The number of hydrogen-bond donors (Lipinski definition) is 10. The van der Waals surface area contributed by atoms with Gasteiger partial charge in [-0.25, -0.2) is 9.59 Å². The fraction of sp³-hybridized carbons (Fsp3) is 0.748. The minimum Gasteiger partial charge on any atom is -0.497 e. The van der Waals surface area contributed by atoms with Gasteiger partial charge in [0.1, 0.15) is 60.2 Å². The minimum atomic E-state index is -2.41. The van der Waals surface area contributed by atoms with E-state index in [9.17, 15) is 79.8 Å². The van der Waals surface area contributed by atoms with Crippen LogP contribution in [0.15, 0.2) is 113 Å². The van der Waals surface area contributed by atoms with Crippen molar-refractivity contribution >= 4 is 35.3 Å². The molecule has 794 valence electrons. The Hall–Kier alpha value is -6.72. The van der Waals surface area contributed by atoms with E-state index in [0.29, 0.717) is 127 Å². The Kier molecular flexibility index (Phi) is 49.8. The number of rotatable bonds is 13. The summed E-state index contributed by atoms with van der Waals surface area (Å²) in [5, 5.41) is 114. The van der Waals surface area contributed by atoms with E-state index in [2.05, 4.69) is 26.8 Å². The van der Waals surface area contributed by atoms with E-state index in [1.165, 1.54) is 24.0 Å². The number of amides is 2. The number of aliphatic hydroxyl groups is 10. The van der Waals surface area contributed by atoms with Gasteiger partial charge in [0.15, 0.2) is 0 Å². The van der Waals surface area contributed by atoms with Crippen LogP contribution in [0.1, 0.15) is 264 Å². The molecule has 4 bridgehead atoms. The van der Waals surface area contributed by atoms with Crippen LogP contribution in [0.2, 0.25) is 0 Å². The summed E-state index contributed by atoms with van der Waals surface area (Å²) >= 11 is 0. The third-order valence-corrected chi connectivity index (χ3v) is 31.5. The topological polar surface area (TPSA) is 413 Å². The van der Waals surface area contributed by atoms with Gasteiger partial charge in [0.25, 0.3) is 23.4 Å². The van der Waals surface area contributed by atoms with Gasteiger partial charge in [0.05, 0.1) is 81.4 Å². The number of aryl methyl sites for hydroxylation is 1. The van der Waals surface area contributed by atoms with Crippen molar-refractivity contribution < 1.29 is 132 Å². The number of methoxy groups -OCH3 is 7. The van der Waals surface area contributed by atoms with Crippen molar-refractivity contribution in [1.29, 1.82) is 0 Å². The number of cyclic esters (lactones) is 2. The van der Waals surface area contributed by atoms with Crippen LogP contribution in [-0.4, -0.2) is 286 Å². The summed E-state index contributed by atoms with van der Waals surface area (Å²) in [6.07, 6.45) is 22.5. The van der Waals surface area contributed by atoms with Gasteiger partial charge in [-0.3, -0.25) is 19.2 Å². The molecule has 10 N–H and O–H groups in total. The van der Waals surface area contributed by atoms with Crippen LogP contribution < -0.4 is 9.47 Å². The molecule has 140 heavy (non-hydrogen) atoms. The standard InChI is InChI=1S/C51H83NO13.C51H83NO12.C9H12O2/c1-30-16-12-11-13-17-31(2)42(61-8)28-38-21-19-36(7)51(60,65-38)48(57)49(58)52-23-15-14-18-39(52)50(59)64-43(33(4)26-37-20-22-40(53)44(27-37)62-9)29-41(54)32(3)25-35(6)46(56)47(63-10)45(55)34(5)24-30;1-30-16-12-11-13-17-31(2)32(3)27-39-21-19-37(8)51(60,64-39)48(57)49(58)52-23-15-14-18-40(52)50(59)63-43(34(5)26-38-20-22-41(53)44(28-38)61-9)29-42(54)33(4)25-36(7)46(56)47(62-10)45(55)35(6)24-30;1-7-4-5-8(10-2)6-9(7)11-3/h11-13,16-17,25,30,32-34,36-47,53-56,60H,14-15,18-24,26-29H2,1-10H3;11-13,16-17,25,30,32-35,37-47,53-56,60H,14-15,18-24,26-29H2,1-10H3;4-6H,1-3H3/b13-11?,16-12+,31-17?,35-25+;13-11+,16-12+,31-17+,36-25+;. The second-order valence-corrected chi connectivity index (χ2v) is 42.5. The highest BCUT2D eigenvalue weighted by atomic mass is 16.6. The zero-order valence-corrected chi connectivity index (χ0v) is 88.3. The van der Waals surface area contributed by atoms with Crippen LogP contribution >= 0.6 is 0 Å². The highest BCUT2D eigenvalue weighted by molar-refractivity contribution is 6.39. The molecule has 34 unspecified atom stereocenters. The molecule has 34 atom stereocenters. The van der Waals surface area contributed by atoms with Crippen LogP contribution in [0.3, 0.4) is 0 Å². The smallest absolute Gasteiger partial charge is 0.329 e. The van der Waals surface area contributed by atoms with Gasteiger partial charge >= 0.3 is 11.9 Å². The number of carbonyl (C=O) groups is 6. The zero-order valence-electron chi connectivity index (χ0n) is 88.3. The Morgan fingerprint density at radius 2 is 0.843 bits per heavy atom. The molecule has 0 aromatic heterocycles. The van der Waals surface area contributed by atoms with Gasteiger partial charge in [-0.1, -0.05) is 161 Å². The van der Waals surface area contributed by atoms with Crippen molar-refractivity contribution in [2.75, 3.05) is 62.9 Å². The number of nitrogens with zero attached hydrogens (tertiary/aromatic N) is 2. The second-order valence-electron chi connectivity index (χ2n) is 42.5. The van der Waals surface area contributed by atoms with E-state index < -0.39 is 174 Å². The molecule has 6 aliphatic heterocycles. The SMILES string of the molecule is COC1CC(CC(C)C2CC(O)C(C)/C=C(\C)C(O)C(OC)C(O)C(C)CC(C)/C=C/C=C/C=C(\C)C(C)CC3CCC(C)C(O)(O3)C(=O)C(=O)N3CCCCC3C(=O)O2)CCC1O.COC1CC2CCC(C)C(O)(O2)C(=O)C(=O)N2CCCCC2C(=O)OC(C(C)CC2CCC(O)C(OC)C2)CC(O)C(C)/C=C(\C)C(O)C(OC)C(O)C(C)CC(C)/C=C/C=CC=C1C.COc1ccc(C)c(OC)c1. The highest BCUT2D eigenvalue weighted by Crippen LogP contribution is 2.43. The molecule has 1 aromatic carbocycles. The van der Waals surface area contributed by atoms with Crippen molar-refractivity contribution in [2.45, 2.75) is 392 Å². The first-order chi connectivity index (χ1) is 66.2. The predicted molar refractivity (Wildman–Crippen MR) is 537 cm³/mol. The fourth-order valence-corrected chi connectivity index (χ4v) is 21.7. The van der Waals surface area contributed by atoms with Gasteiger partial charge in [0.2, 0.25) is 11.6 Å². The molecule has 2 amide bonds. The minimum absolute atomic E-state index is 0.0359. The molecule has 29 nitrogen and oxygen atoms in total. The van der Waals surface area contributed by atoms with E-state index in [0.717, 1.165) is 41.1 Å². The number of ketones is 2. The lowest BCUT2D eigenvalue weighted by molar-refractivity contribution is -0.265. The van der Waals surface area contributed by atoms with E-state index >= 15 is 0 Å². The Morgan fingerprint density at radius 3 is 1.24 bits per heavy atom. The summed E-state index contributed by atoms with van der Waals surface area (Å²) < 4.78 is 63.5. The number of Topliss-reactive ketones (excluding diaryl/α,β-unsaturated/α-hetero) is 2. The number of allylic oxidation sites excluding steroid dienone is 11. The van der Waals surface area contributed by atoms with E-state index in [4.69, 9.17) is 52.1 Å². The number of esters is 2. The molecule has 1 aromatic rings. The molecule has 9 rings (SSSR count). The number of fused-ring (bicyclic) bond motifs is 6. The van der Waals surface area contributed by atoms with Gasteiger partial charge < -0.3 is 113 Å². The van der Waals surface area contributed by atoms with Gasteiger partial charge in [-0.05, 0) is 251 Å². The first-order valence-electron chi connectivity index (χ1n) is 51.8. The maximum absolute atomic E-state index is 14.4. The molecular formula is C111H178N2O27. The summed E-state index contributed by atoms with van der Waals surface area (Å²) in [5.74, 6) is -11.4. The average molecular weight is 1970 g/mol. The van der Waals surface area contributed by atoms with Crippen molar-refractivity contribution in [3.8, 4) is 11.5 Å². The summed E-state index contributed by atoms with van der Waals surface area (Å²) in [6.45, 7) is 30.7. The molecule has 2 saturated carbocycles. The Bertz CT molecular complexity index is 4270. The highest BCUT2D eigenvalue weighted by Gasteiger charge is 2.56. The van der Waals surface area contributed by atoms with Crippen molar-refractivity contribution in [2.24, 2.45) is 76.9 Å². The monoisotopic (exact) mass is 1970 g/mol. The van der Waals surface area contributed by atoms with Crippen molar-refractivity contribution in [3.05, 3.63) is 119 Å². The summed E-state index contributed by atoms with van der Waals surface area (Å²) in [7, 11) is 11.0. The van der Waals surface area contributed by atoms with Gasteiger partial charge in [-0.2, -0.15) is 0 Å². The quantitative estimate of drug-likeness (QED) is 0.0498. The average Bonchev–Trinajstić information content (AvgIpc) is 0.773. The first-order valence-corrected chi connectivity index (χ1v) is 51.8. The molecule has 6 heterocycles. The van der Waals surface area contributed by atoms with Gasteiger partial charge in [-0.15, -0.1) is 0 Å². The number of benzene rings is 1. The van der Waals surface area contributed by atoms with E-state index in [-0.39, 0.29) is 104 Å². The number of hydrogen-bond acceptors (Lipinski definition) is 27. The molecule has 4 saturated heterocycles. The molecular weight excluding hydrogens is 1790 g/mol. The summed E-state index contributed by atoms with van der Waals surface area (Å²) in [6, 6.07) is 3.57. The lowest BCUT2D eigenvalue weighted by Crippen LogP contribution is -2.61. The third-order valence-electron chi connectivity index (χ3n) is 31.5. The molecule has 2 aliphatic carbocycles. The van der Waals surface area contributed by atoms with E-state index in [1.807, 2.05) is 135 Å². The number of ether oxygens (including phenoxy) is 11. The predicted octanol–water partition coefficient (Wildman–Crippen LogP) is 14.2. The lowest BCUT2D eigenvalue weighted by atomic mass is 9.78. The first kappa shape index (κ1) is 120. The second kappa shape index (κ2) is 58.0. The Balaban J connectivity index is 0.000000342. The summed E-state index contributed by atoms with van der Waals surface area (Å²) in [5.41, 5.74) is 4.12.